The van der Waals surface area contributed by atoms with Gasteiger partial charge < -0.3 is 14.6 Å². The van der Waals surface area contributed by atoms with Gasteiger partial charge in [-0.15, -0.1) is 10.2 Å². The molecule has 0 bridgehead atoms. The molecule has 0 atom stereocenters. The molecule has 0 saturated carbocycles. The summed E-state index contributed by atoms with van der Waals surface area (Å²) in [7, 11) is 1.76. The van der Waals surface area contributed by atoms with E-state index in [4.69, 9.17) is 4.74 Å². The van der Waals surface area contributed by atoms with Crippen LogP contribution in [0.5, 0.6) is 0 Å². The third-order valence-corrected chi connectivity index (χ3v) is 4.75. The summed E-state index contributed by atoms with van der Waals surface area (Å²) in [6.07, 6.45) is 0.0618. The lowest BCUT2D eigenvalue weighted by atomic mass is 10.0. The first kappa shape index (κ1) is 20.0. The van der Waals surface area contributed by atoms with Crippen molar-refractivity contribution in [1.82, 2.24) is 14.8 Å². The molecule has 0 aliphatic heterocycles. The lowest BCUT2D eigenvalue weighted by Crippen LogP contribution is -2.15. The molecule has 1 aromatic heterocycles. The molecule has 1 heterocycles. The highest BCUT2D eigenvalue weighted by atomic mass is 32.2. The number of thioether (sulfide) groups is 1. The lowest BCUT2D eigenvalue weighted by molar-refractivity contribution is -0.142. The highest BCUT2D eigenvalue weighted by molar-refractivity contribution is 7.99. The van der Waals surface area contributed by atoms with Gasteiger partial charge in [0.1, 0.15) is 12.2 Å². The first-order chi connectivity index (χ1) is 12.4. The maximum Gasteiger partial charge on any atom is 0.313 e. The Balaban J connectivity index is 1.87. The fourth-order valence-electron chi connectivity index (χ4n) is 2.24. The van der Waals surface area contributed by atoms with Crippen LogP contribution in [-0.4, -0.2) is 39.0 Å². The van der Waals surface area contributed by atoms with Crippen molar-refractivity contribution in [3.63, 3.8) is 0 Å². The molecule has 7 nitrogen and oxygen atoms in total. The molecule has 1 N–H and O–H groups in total. The molecule has 0 spiro atoms. The van der Waals surface area contributed by atoms with Gasteiger partial charge in [0.15, 0.2) is 5.16 Å². The van der Waals surface area contributed by atoms with E-state index < -0.39 is 0 Å². The molecule has 0 aliphatic rings. The average molecular weight is 376 g/mol. The molecule has 8 heteroatoms. The van der Waals surface area contributed by atoms with Crippen molar-refractivity contribution in [2.45, 2.75) is 38.3 Å². The minimum atomic E-state index is -0.345. The third kappa shape index (κ3) is 5.59. The van der Waals surface area contributed by atoms with Crippen molar-refractivity contribution in [3.05, 3.63) is 35.7 Å². The van der Waals surface area contributed by atoms with Gasteiger partial charge in [-0.25, -0.2) is 0 Å². The zero-order valence-electron chi connectivity index (χ0n) is 15.5. The first-order valence-electron chi connectivity index (χ1n) is 8.47. The number of nitrogens with one attached hydrogen (secondary N) is 1. The SMILES string of the molecule is CCOC(=O)Cc1nnc(SCC(=O)Nc2ccc(C(C)C)cc2)n1C. The molecule has 1 amide bonds. The number of anilines is 1. The number of benzene rings is 1. The number of hydrogen-bond acceptors (Lipinski definition) is 6. The van der Waals surface area contributed by atoms with E-state index in [2.05, 4.69) is 29.4 Å². The molecule has 0 fully saturated rings. The number of ether oxygens (including phenoxy) is 1. The second-order valence-electron chi connectivity index (χ2n) is 6.05. The maximum atomic E-state index is 12.1. The number of rotatable bonds is 8. The van der Waals surface area contributed by atoms with E-state index in [9.17, 15) is 9.59 Å². The molecule has 140 valence electrons. The second kappa shape index (κ2) is 9.38. The second-order valence-corrected chi connectivity index (χ2v) is 7.00. The summed E-state index contributed by atoms with van der Waals surface area (Å²) >= 11 is 1.27. The van der Waals surface area contributed by atoms with Crippen LogP contribution in [0.4, 0.5) is 5.69 Å². The molecule has 2 rings (SSSR count). The standard InChI is InChI=1S/C18H24N4O3S/c1-5-25-17(24)10-15-20-21-18(22(15)4)26-11-16(23)19-14-8-6-13(7-9-14)12(2)3/h6-9,12H,5,10-11H2,1-4H3,(H,19,23). The Bertz CT molecular complexity index is 756. The van der Waals surface area contributed by atoms with Crippen molar-refractivity contribution in [2.75, 3.05) is 17.7 Å². The Kier molecular flexibility index (Phi) is 7.20. The Hall–Kier alpha value is -2.35. The van der Waals surface area contributed by atoms with Crippen LogP contribution in [0.25, 0.3) is 0 Å². The molecule has 0 unspecified atom stereocenters. The zero-order valence-corrected chi connectivity index (χ0v) is 16.3. The van der Waals surface area contributed by atoms with Gasteiger partial charge in [0.25, 0.3) is 0 Å². The largest absolute Gasteiger partial charge is 0.466 e. The van der Waals surface area contributed by atoms with E-state index in [0.717, 1.165) is 5.69 Å². The monoisotopic (exact) mass is 376 g/mol. The predicted octanol–water partition coefficient (Wildman–Crippen LogP) is 2.77. The number of nitrogens with zero attached hydrogens (tertiary/aromatic N) is 3. The van der Waals surface area contributed by atoms with Crippen LogP contribution in [0.1, 0.15) is 38.1 Å². The summed E-state index contributed by atoms with van der Waals surface area (Å²) in [5, 5.41) is 11.5. The van der Waals surface area contributed by atoms with Gasteiger partial charge in [-0.3, -0.25) is 9.59 Å². The van der Waals surface area contributed by atoms with Crippen molar-refractivity contribution < 1.29 is 14.3 Å². The fraction of sp³-hybridized carbons (Fsp3) is 0.444. The normalized spacial score (nSPS) is 10.8. The first-order valence-corrected chi connectivity index (χ1v) is 9.45. The van der Waals surface area contributed by atoms with Crippen LogP contribution < -0.4 is 5.32 Å². The van der Waals surface area contributed by atoms with E-state index >= 15 is 0 Å². The van der Waals surface area contributed by atoms with Crippen LogP contribution in [0.15, 0.2) is 29.4 Å². The van der Waals surface area contributed by atoms with Crippen molar-refractivity contribution >= 4 is 29.3 Å². The van der Waals surface area contributed by atoms with E-state index in [1.165, 1.54) is 17.3 Å². The molecule has 0 radical (unpaired) electrons. The quantitative estimate of drug-likeness (QED) is 0.563. The van der Waals surface area contributed by atoms with Crippen molar-refractivity contribution in [3.8, 4) is 0 Å². The van der Waals surface area contributed by atoms with Gasteiger partial charge in [-0.2, -0.15) is 0 Å². The summed E-state index contributed by atoms with van der Waals surface area (Å²) < 4.78 is 6.61. The Labute approximate surface area is 157 Å². The average Bonchev–Trinajstić information content (AvgIpc) is 2.94. The Morgan fingerprint density at radius 2 is 1.92 bits per heavy atom. The molecular weight excluding hydrogens is 352 g/mol. The molecule has 0 saturated heterocycles. The van der Waals surface area contributed by atoms with Crippen molar-refractivity contribution in [2.24, 2.45) is 7.05 Å². The number of carbonyl (C=O) groups is 2. The summed E-state index contributed by atoms with van der Waals surface area (Å²) in [6, 6.07) is 7.82. The molecule has 26 heavy (non-hydrogen) atoms. The maximum absolute atomic E-state index is 12.1. The van der Waals surface area contributed by atoms with Crippen molar-refractivity contribution in [1.29, 1.82) is 0 Å². The van der Waals surface area contributed by atoms with Gasteiger partial charge >= 0.3 is 5.97 Å². The van der Waals surface area contributed by atoms with E-state index in [1.807, 2.05) is 24.3 Å². The van der Waals surface area contributed by atoms with Crippen LogP contribution in [0.3, 0.4) is 0 Å². The minimum absolute atomic E-state index is 0.0618. The summed E-state index contributed by atoms with van der Waals surface area (Å²) in [5.41, 5.74) is 1.99. The van der Waals surface area contributed by atoms with Gasteiger partial charge in [0.05, 0.1) is 12.4 Å². The van der Waals surface area contributed by atoms with Crippen LogP contribution in [0.2, 0.25) is 0 Å². The number of amides is 1. The van der Waals surface area contributed by atoms with Crippen LogP contribution >= 0.6 is 11.8 Å². The smallest absolute Gasteiger partial charge is 0.313 e. The van der Waals surface area contributed by atoms with E-state index in [-0.39, 0.29) is 24.1 Å². The lowest BCUT2D eigenvalue weighted by Gasteiger charge is -2.08. The van der Waals surface area contributed by atoms with E-state index in [1.54, 1.807) is 18.5 Å². The van der Waals surface area contributed by atoms with E-state index in [0.29, 0.717) is 23.5 Å². The number of aromatic nitrogens is 3. The predicted molar refractivity (Wildman–Crippen MR) is 101 cm³/mol. The zero-order chi connectivity index (χ0) is 19.1. The fourth-order valence-corrected chi connectivity index (χ4v) is 2.97. The number of carbonyl (C=O) groups excluding carboxylic acids is 2. The van der Waals surface area contributed by atoms with Gasteiger partial charge in [-0.1, -0.05) is 37.7 Å². The topological polar surface area (TPSA) is 86.1 Å². The Morgan fingerprint density at radius 3 is 2.54 bits per heavy atom. The van der Waals surface area contributed by atoms with Gasteiger partial charge in [0.2, 0.25) is 5.91 Å². The summed E-state index contributed by atoms with van der Waals surface area (Å²) in [6.45, 7) is 6.34. The third-order valence-electron chi connectivity index (χ3n) is 3.73. The number of hydrogen-bond donors (Lipinski definition) is 1. The number of esters is 1. The van der Waals surface area contributed by atoms with Crippen LogP contribution in [0, 0.1) is 0 Å². The summed E-state index contributed by atoms with van der Waals surface area (Å²) in [4.78, 5) is 23.7. The Morgan fingerprint density at radius 1 is 1.23 bits per heavy atom. The molecule has 0 aliphatic carbocycles. The highest BCUT2D eigenvalue weighted by Crippen LogP contribution is 2.19. The highest BCUT2D eigenvalue weighted by Gasteiger charge is 2.15. The molecule has 1 aromatic carbocycles. The molecule has 2 aromatic rings. The van der Waals surface area contributed by atoms with Gasteiger partial charge in [0, 0.05) is 12.7 Å². The summed E-state index contributed by atoms with van der Waals surface area (Å²) in [5.74, 6) is 0.701. The van der Waals surface area contributed by atoms with Crippen LogP contribution in [-0.2, 0) is 27.8 Å². The minimum Gasteiger partial charge on any atom is -0.466 e. The molecular formula is C18H24N4O3S. The van der Waals surface area contributed by atoms with Gasteiger partial charge in [-0.05, 0) is 30.5 Å².